The maximum atomic E-state index is 13.7. The summed E-state index contributed by atoms with van der Waals surface area (Å²) in [6.07, 6.45) is 0. The Balaban J connectivity index is 1.89. The number of hydrogen-bond donors (Lipinski definition) is 0. The number of carbonyl (C=O) groups excluding carboxylic acids is 3. The lowest BCUT2D eigenvalue weighted by molar-refractivity contribution is 0.0518. The van der Waals surface area contributed by atoms with Gasteiger partial charge in [0.2, 0.25) is 0 Å². The lowest BCUT2D eigenvalue weighted by Gasteiger charge is -2.14. The molecule has 0 atom stereocenters. The second kappa shape index (κ2) is 6.19. The number of halogens is 1. The first-order chi connectivity index (χ1) is 11.5. The summed E-state index contributed by atoms with van der Waals surface area (Å²) >= 11 is 0. The number of imide groups is 1. The molecule has 1 aliphatic rings. The van der Waals surface area contributed by atoms with Crippen molar-refractivity contribution in [3.8, 4) is 0 Å². The molecule has 6 nitrogen and oxygen atoms in total. The largest absolute Gasteiger partial charge is 0.461 e. The van der Waals surface area contributed by atoms with Gasteiger partial charge in [-0.3, -0.25) is 14.5 Å². The third-order valence-electron chi connectivity index (χ3n) is 3.53. The fourth-order valence-corrected chi connectivity index (χ4v) is 2.49. The minimum absolute atomic E-state index is 0.0903. The molecule has 0 saturated carbocycles. The van der Waals surface area contributed by atoms with Crippen molar-refractivity contribution in [2.45, 2.75) is 13.5 Å². The third-order valence-corrected chi connectivity index (χ3v) is 3.53. The van der Waals surface area contributed by atoms with Crippen molar-refractivity contribution in [2.75, 3.05) is 6.61 Å². The number of ether oxygens (including phenoxy) is 1. The normalized spacial score (nSPS) is 13.2. The smallest absolute Gasteiger partial charge is 0.357 e. The SMILES string of the molecule is CCOC(=O)c1cc(F)cc(CN2C(=O)c3ccccc3C2=O)n1. The van der Waals surface area contributed by atoms with Crippen LogP contribution in [0.2, 0.25) is 0 Å². The summed E-state index contributed by atoms with van der Waals surface area (Å²) in [7, 11) is 0. The Morgan fingerprint density at radius 3 is 2.38 bits per heavy atom. The quantitative estimate of drug-likeness (QED) is 0.635. The molecule has 0 bridgehead atoms. The highest BCUT2D eigenvalue weighted by Crippen LogP contribution is 2.24. The molecule has 0 unspecified atom stereocenters. The topological polar surface area (TPSA) is 76.6 Å². The van der Waals surface area contributed by atoms with E-state index in [4.69, 9.17) is 4.74 Å². The van der Waals surface area contributed by atoms with E-state index < -0.39 is 23.6 Å². The zero-order chi connectivity index (χ0) is 17.3. The van der Waals surface area contributed by atoms with Gasteiger partial charge in [0, 0.05) is 6.07 Å². The van der Waals surface area contributed by atoms with E-state index in [1.165, 1.54) is 0 Å². The fourth-order valence-electron chi connectivity index (χ4n) is 2.49. The monoisotopic (exact) mass is 328 g/mol. The molecule has 122 valence electrons. The summed E-state index contributed by atoms with van der Waals surface area (Å²) in [6.45, 7) is 1.53. The Labute approximate surface area is 136 Å². The first kappa shape index (κ1) is 15.8. The van der Waals surface area contributed by atoms with Crippen LogP contribution in [0.5, 0.6) is 0 Å². The lowest BCUT2D eigenvalue weighted by Crippen LogP contribution is -2.29. The van der Waals surface area contributed by atoms with Crippen LogP contribution in [0, 0.1) is 5.82 Å². The number of aromatic nitrogens is 1. The summed E-state index contributed by atoms with van der Waals surface area (Å²) in [5, 5.41) is 0. The van der Waals surface area contributed by atoms with Crippen LogP contribution < -0.4 is 0 Å². The van der Waals surface area contributed by atoms with Gasteiger partial charge in [-0.05, 0) is 25.1 Å². The number of fused-ring (bicyclic) bond motifs is 1. The number of carbonyl (C=O) groups is 3. The Hall–Kier alpha value is -3.09. The number of esters is 1. The van der Waals surface area contributed by atoms with E-state index in [1.807, 2.05) is 0 Å². The van der Waals surface area contributed by atoms with Gasteiger partial charge in [-0.15, -0.1) is 0 Å². The van der Waals surface area contributed by atoms with Gasteiger partial charge in [-0.25, -0.2) is 14.2 Å². The summed E-state index contributed by atoms with van der Waals surface area (Å²) in [4.78, 5) is 41.3. The highest BCUT2D eigenvalue weighted by molar-refractivity contribution is 6.21. The van der Waals surface area contributed by atoms with Gasteiger partial charge in [0.25, 0.3) is 11.8 Å². The molecule has 0 N–H and O–H groups in total. The number of rotatable bonds is 4. The van der Waals surface area contributed by atoms with Gasteiger partial charge in [0.1, 0.15) is 5.82 Å². The second-order valence-corrected chi connectivity index (χ2v) is 5.12. The van der Waals surface area contributed by atoms with Crippen molar-refractivity contribution >= 4 is 17.8 Å². The predicted molar refractivity (Wildman–Crippen MR) is 80.8 cm³/mol. The van der Waals surface area contributed by atoms with E-state index >= 15 is 0 Å². The Morgan fingerprint density at radius 2 is 1.79 bits per heavy atom. The zero-order valence-corrected chi connectivity index (χ0v) is 12.8. The highest BCUT2D eigenvalue weighted by atomic mass is 19.1. The van der Waals surface area contributed by atoms with Crippen LogP contribution in [-0.4, -0.2) is 34.3 Å². The maximum absolute atomic E-state index is 13.7. The maximum Gasteiger partial charge on any atom is 0.357 e. The van der Waals surface area contributed by atoms with Crippen LogP contribution in [0.4, 0.5) is 4.39 Å². The molecule has 0 radical (unpaired) electrons. The Bertz CT molecular complexity index is 815. The van der Waals surface area contributed by atoms with Gasteiger partial charge in [-0.2, -0.15) is 0 Å². The number of hydrogen-bond acceptors (Lipinski definition) is 5. The number of benzene rings is 1. The molecule has 2 aromatic rings. The molecule has 2 heterocycles. The predicted octanol–water partition coefficient (Wildman–Crippen LogP) is 2.19. The van der Waals surface area contributed by atoms with Crippen molar-refractivity contribution in [3.63, 3.8) is 0 Å². The molecule has 0 fully saturated rings. The summed E-state index contributed by atoms with van der Waals surface area (Å²) in [6, 6.07) is 8.45. The van der Waals surface area contributed by atoms with Crippen molar-refractivity contribution < 1.29 is 23.5 Å². The average Bonchev–Trinajstić information content (AvgIpc) is 2.80. The van der Waals surface area contributed by atoms with Crippen LogP contribution in [0.3, 0.4) is 0 Å². The fraction of sp³-hybridized carbons (Fsp3) is 0.176. The Kier molecular flexibility index (Phi) is 4.07. The van der Waals surface area contributed by atoms with Crippen LogP contribution in [0.15, 0.2) is 36.4 Å². The minimum atomic E-state index is -0.763. The van der Waals surface area contributed by atoms with Gasteiger partial charge >= 0.3 is 5.97 Å². The van der Waals surface area contributed by atoms with E-state index in [-0.39, 0.29) is 24.5 Å². The van der Waals surface area contributed by atoms with Gasteiger partial charge < -0.3 is 4.74 Å². The van der Waals surface area contributed by atoms with Crippen molar-refractivity contribution in [1.29, 1.82) is 0 Å². The third kappa shape index (κ3) is 2.76. The second-order valence-electron chi connectivity index (χ2n) is 5.12. The Morgan fingerprint density at radius 1 is 1.17 bits per heavy atom. The average molecular weight is 328 g/mol. The molecule has 1 aromatic carbocycles. The first-order valence-electron chi connectivity index (χ1n) is 7.30. The number of pyridine rings is 1. The van der Waals surface area contributed by atoms with Crippen molar-refractivity contribution in [3.05, 3.63) is 64.7 Å². The highest BCUT2D eigenvalue weighted by Gasteiger charge is 2.35. The standard InChI is InChI=1S/C17H13FN2O4/c1-2-24-17(23)14-8-10(18)7-11(19-14)9-20-15(21)12-5-3-4-6-13(12)16(20)22/h3-8H,2,9H2,1H3. The first-order valence-corrected chi connectivity index (χ1v) is 7.30. The molecule has 1 aromatic heterocycles. The van der Waals surface area contributed by atoms with Crippen LogP contribution in [-0.2, 0) is 11.3 Å². The van der Waals surface area contributed by atoms with E-state index in [1.54, 1.807) is 31.2 Å². The summed E-state index contributed by atoms with van der Waals surface area (Å²) in [5.74, 6) is -2.40. The number of nitrogens with zero attached hydrogens (tertiary/aromatic N) is 2. The molecule has 2 amide bonds. The molecule has 0 saturated heterocycles. The molecule has 0 aliphatic carbocycles. The van der Waals surface area contributed by atoms with Gasteiger partial charge in [0.05, 0.1) is 30.0 Å². The summed E-state index contributed by atoms with van der Waals surface area (Å²) < 4.78 is 18.5. The molecule has 24 heavy (non-hydrogen) atoms. The molecule has 7 heteroatoms. The lowest BCUT2D eigenvalue weighted by atomic mass is 10.1. The zero-order valence-electron chi connectivity index (χ0n) is 12.8. The minimum Gasteiger partial charge on any atom is -0.461 e. The van der Waals surface area contributed by atoms with E-state index in [2.05, 4.69) is 4.98 Å². The molecular formula is C17H13FN2O4. The van der Waals surface area contributed by atoms with Crippen molar-refractivity contribution in [2.24, 2.45) is 0 Å². The van der Waals surface area contributed by atoms with Crippen LogP contribution in [0.1, 0.15) is 43.8 Å². The summed E-state index contributed by atoms with van der Waals surface area (Å²) in [5.41, 5.74) is 0.477. The van der Waals surface area contributed by atoms with Crippen LogP contribution >= 0.6 is 0 Å². The molecule has 1 aliphatic heterocycles. The molecular weight excluding hydrogens is 315 g/mol. The molecule has 0 spiro atoms. The van der Waals surface area contributed by atoms with Gasteiger partial charge in [-0.1, -0.05) is 12.1 Å². The molecule has 3 rings (SSSR count). The van der Waals surface area contributed by atoms with Crippen molar-refractivity contribution in [1.82, 2.24) is 9.88 Å². The van der Waals surface area contributed by atoms with Crippen LogP contribution in [0.25, 0.3) is 0 Å². The van der Waals surface area contributed by atoms with E-state index in [9.17, 15) is 18.8 Å². The van der Waals surface area contributed by atoms with E-state index in [0.29, 0.717) is 11.1 Å². The van der Waals surface area contributed by atoms with E-state index in [0.717, 1.165) is 17.0 Å². The van der Waals surface area contributed by atoms with Gasteiger partial charge in [0.15, 0.2) is 5.69 Å². The number of amides is 2.